The summed E-state index contributed by atoms with van der Waals surface area (Å²) in [6.45, 7) is 2.37. The van der Waals surface area contributed by atoms with Crippen molar-refractivity contribution in [1.82, 2.24) is 0 Å². The molecule has 0 N–H and O–H groups in total. The van der Waals surface area contributed by atoms with Crippen LogP contribution in [-0.4, -0.2) is 0 Å². The van der Waals surface area contributed by atoms with Crippen LogP contribution in [0.5, 0.6) is 0 Å². The third-order valence-electron chi connectivity index (χ3n) is 6.25. The highest BCUT2D eigenvalue weighted by Crippen LogP contribution is 2.44. The van der Waals surface area contributed by atoms with Crippen LogP contribution >= 0.6 is 15.9 Å². The summed E-state index contributed by atoms with van der Waals surface area (Å²) in [7, 11) is 0. The summed E-state index contributed by atoms with van der Waals surface area (Å²) in [5.41, 5.74) is 1.56. The first-order chi connectivity index (χ1) is 10.3. The molecule has 0 nitrogen and oxygen atoms in total. The van der Waals surface area contributed by atoms with Crippen molar-refractivity contribution in [1.29, 1.82) is 0 Å². The Labute approximate surface area is 138 Å². The first-order valence-electron chi connectivity index (χ1n) is 9.01. The number of hydrogen-bond donors (Lipinski definition) is 0. The summed E-state index contributed by atoms with van der Waals surface area (Å²) >= 11 is 3.54. The molecule has 0 heterocycles. The van der Waals surface area contributed by atoms with Gasteiger partial charge in [0, 0.05) is 4.47 Å². The lowest BCUT2D eigenvalue weighted by Gasteiger charge is -2.38. The quantitative estimate of drug-likeness (QED) is 0.554. The van der Waals surface area contributed by atoms with Gasteiger partial charge in [0.05, 0.1) is 0 Å². The van der Waals surface area contributed by atoms with E-state index in [1.165, 1.54) is 62.3 Å². The van der Waals surface area contributed by atoms with Gasteiger partial charge in [-0.2, -0.15) is 0 Å². The Morgan fingerprint density at radius 3 is 1.86 bits per heavy atom. The van der Waals surface area contributed by atoms with E-state index in [1.54, 1.807) is 5.56 Å². The van der Waals surface area contributed by atoms with Crippen molar-refractivity contribution in [2.24, 2.45) is 17.8 Å². The van der Waals surface area contributed by atoms with Crippen molar-refractivity contribution >= 4 is 15.9 Å². The predicted octanol–water partition coefficient (Wildman–Crippen LogP) is 6.94. The minimum Gasteiger partial charge on any atom is -0.0651 e. The minimum absolute atomic E-state index is 0.821. The van der Waals surface area contributed by atoms with Crippen molar-refractivity contribution in [3.63, 3.8) is 0 Å². The van der Waals surface area contributed by atoms with Gasteiger partial charge in [0.25, 0.3) is 0 Å². The lowest BCUT2D eigenvalue weighted by molar-refractivity contribution is 0.158. The summed E-state index contributed by atoms with van der Waals surface area (Å²) < 4.78 is 1.20. The molecule has 3 rings (SSSR count). The monoisotopic (exact) mass is 348 g/mol. The van der Waals surface area contributed by atoms with E-state index in [4.69, 9.17) is 0 Å². The second kappa shape index (κ2) is 7.31. The van der Waals surface area contributed by atoms with Gasteiger partial charge in [-0.25, -0.2) is 0 Å². The summed E-state index contributed by atoms with van der Waals surface area (Å²) in [4.78, 5) is 0. The fourth-order valence-corrected chi connectivity index (χ4v) is 4.99. The van der Waals surface area contributed by atoms with Gasteiger partial charge in [0.1, 0.15) is 0 Å². The largest absolute Gasteiger partial charge is 0.0651 e. The molecule has 0 amide bonds. The first kappa shape index (κ1) is 15.6. The van der Waals surface area contributed by atoms with Gasteiger partial charge in [-0.3, -0.25) is 0 Å². The molecule has 2 aliphatic carbocycles. The Balaban J connectivity index is 1.50. The minimum atomic E-state index is 0.821. The molecule has 0 aromatic heterocycles. The molecular formula is C20H29Br. The summed E-state index contributed by atoms with van der Waals surface area (Å²) in [5, 5.41) is 0. The Morgan fingerprint density at radius 2 is 1.33 bits per heavy atom. The van der Waals surface area contributed by atoms with Crippen molar-refractivity contribution in [2.75, 3.05) is 0 Å². The first-order valence-corrected chi connectivity index (χ1v) is 9.81. The van der Waals surface area contributed by atoms with E-state index in [2.05, 4.69) is 47.1 Å². The van der Waals surface area contributed by atoms with E-state index in [1.807, 2.05) is 0 Å². The predicted molar refractivity (Wildman–Crippen MR) is 94.6 cm³/mol. The highest BCUT2D eigenvalue weighted by atomic mass is 79.9. The molecule has 0 spiro atoms. The molecular weight excluding hydrogens is 320 g/mol. The maximum Gasteiger partial charge on any atom is 0.0175 e. The Hall–Kier alpha value is -0.300. The Bertz CT molecular complexity index is 420. The molecule has 2 aliphatic rings. The molecule has 0 radical (unpaired) electrons. The molecule has 1 aromatic rings. The van der Waals surface area contributed by atoms with Gasteiger partial charge < -0.3 is 0 Å². The van der Waals surface area contributed by atoms with E-state index in [9.17, 15) is 0 Å². The van der Waals surface area contributed by atoms with Gasteiger partial charge in [-0.1, -0.05) is 54.2 Å². The number of benzene rings is 1. The number of hydrogen-bond acceptors (Lipinski definition) is 0. The van der Waals surface area contributed by atoms with E-state index in [0.717, 1.165) is 23.7 Å². The Kier molecular flexibility index (Phi) is 5.43. The van der Waals surface area contributed by atoms with Crippen LogP contribution in [0, 0.1) is 17.8 Å². The molecule has 21 heavy (non-hydrogen) atoms. The molecule has 0 saturated heterocycles. The highest BCUT2D eigenvalue weighted by Gasteiger charge is 2.30. The van der Waals surface area contributed by atoms with Crippen LogP contribution in [0.1, 0.15) is 76.2 Å². The van der Waals surface area contributed by atoms with E-state index in [0.29, 0.717) is 0 Å². The second-order valence-electron chi connectivity index (χ2n) is 7.35. The van der Waals surface area contributed by atoms with Crippen molar-refractivity contribution in [3.8, 4) is 0 Å². The van der Waals surface area contributed by atoms with Crippen LogP contribution < -0.4 is 0 Å². The molecule has 0 atom stereocenters. The van der Waals surface area contributed by atoms with Crippen LogP contribution in [0.2, 0.25) is 0 Å². The molecule has 116 valence electrons. The van der Waals surface area contributed by atoms with Crippen molar-refractivity contribution in [2.45, 2.75) is 70.6 Å². The smallest absolute Gasteiger partial charge is 0.0175 e. The third-order valence-corrected chi connectivity index (χ3v) is 6.78. The number of halogens is 1. The molecule has 1 heteroatoms. The van der Waals surface area contributed by atoms with Gasteiger partial charge in [-0.05, 0) is 79.9 Å². The molecule has 0 bridgehead atoms. The Morgan fingerprint density at radius 1 is 0.810 bits per heavy atom. The third kappa shape index (κ3) is 3.92. The standard InChI is InChI=1S/C20H29Br/c1-2-15-3-5-16(6-4-15)17-7-9-18(10-8-17)19-11-13-20(21)14-12-19/h11-18H,2-10H2,1H3. The maximum atomic E-state index is 3.54. The van der Waals surface area contributed by atoms with E-state index >= 15 is 0 Å². The van der Waals surface area contributed by atoms with Crippen LogP contribution in [0.15, 0.2) is 28.7 Å². The van der Waals surface area contributed by atoms with Crippen molar-refractivity contribution in [3.05, 3.63) is 34.3 Å². The molecule has 1 aromatic carbocycles. The van der Waals surface area contributed by atoms with Gasteiger partial charge in [0.15, 0.2) is 0 Å². The second-order valence-corrected chi connectivity index (χ2v) is 8.27. The van der Waals surface area contributed by atoms with Crippen LogP contribution in [0.4, 0.5) is 0 Å². The number of rotatable bonds is 3. The lowest BCUT2D eigenvalue weighted by atomic mass is 9.68. The fourth-order valence-electron chi connectivity index (χ4n) is 4.73. The zero-order chi connectivity index (χ0) is 14.7. The average molecular weight is 349 g/mol. The average Bonchev–Trinajstić information content (AvgIpc) is 2.56. The van der Waals surface area contributed by atoms with Crippen molar-refractivity contribution < 1.29 is 0 Å². The maximum absolute atomic E-state index is 3.54. The lowest BCUT2D eigenvalue weighted by Crippen LogP contribution is -2.25. The SMILES string of the molecule is CCC1CCC(C2CCC(c3ccc(Br)cc3)CC2)CC1. The molecule has 2 fully saturated rings. The van der Waals surface area contributed by atoms with Crippen LogP contribution in [0.25, 0.3) is 0 Å². The molecule has 2 saturated carbocycles. The zero-order valence-electron chi connectivity index (χ0n) is 13.4. The van der Waals surface area contributed by atoms with Gasteiger partial charge in [-0.15, -0.1) is 0 Å². The fraction of sp³-hybridized carbons (Fsp3) is 0.700. The van der Waals surface area contributed by atoms with Gasteiger partial charge in [0.2, 0.25) is 0 Å². The summed E-state index contributed by atoms with van der Waals surface area (Å²) in [5.74, 6) is 3.95. The van der Waals surface area contributed by atoms with Gasteiger partial charge >= 0.3 is 0 Å². The normalized spacial score (nSPS) is 33.8. The molecule has 0 aliphatic heterocycles. The molecule has 0 unspecified atom stereocenters. The summed E-state index contributed by atoms with van der Waals surface area (Å²) in [6, 6.07) is 9.05. The van der Waals surface area contributed by atoms with Crippen LogP contribution in [0.3, 0.4) is 0 Å². The van der Waals surface area contributed by atoms with E-state index < -0.39 is 0 Å². The summed E-state index contributed by atoms with van der Waals surface area (Å²) in [6.07, 6.45) is 13.2. The van der Waals surface area contributed by atoms with E-state index in [-0.39, 0.29) is 0 Å². The topological polar surface area (TPSA) is 0 Å². The highest BCUT2D eigenvalue weighted by molar-refractivity contribution is 9.10. The zero-order valence-corrected chi connectivity index (χ0v) is 14.9. The van der Waals surface area contributed by atoms with Crippen LogP contribution in [-0.2, 0) is 0 Å².